The number of rotatable bonds is 3. The SMILES string of the molecule is [B]c1cc2c(-c3ccccc3)nc3ccccc3c2c2nc(-c3ccccc3)c(-c3ccccc3)nc12. The minimum Gasteiger partial charge on any atom is -0.247 e. The molecule has 0 saturated carbocycles. The van der Waals surface area contributed by atoms with E-state index in [1.165, 1.54) is 0 Å². The molecule has 0 spiro atoms. The highest BCUT2D eigenvalue weighted by Gasteiger charge is 2.19. The first-order valence-corrected chi connectivity index (χ1v) is 12.3. The second-order valence-electron chi connectivity index (χ2n) is 9.08. The number of fused-ring (bicyclic) bond motifs is 5. The van der Waals surface area contributed by atoms with Crippen LogP contribution in [0.3, 0.4) is 0 Å². The number of aromatic nitrogens is 3. The fourth-order valence-electron chi connectivity index (χ4n) is 5.07. The van der Waals surface area contributed by atoms with Crippen molar-refractivity contribution in [2.75, 3.05) is 0 Å². The van der Waals surface area contributed by atoms with Gasteiger partial charge in [-0.05, 0) is 6.07 Å². The minimum atomic E-state index is 0.584. The zero-order valence-electron chi connectivity index (χ0n) is 20.0. The van der Waals surface area contributed by atoms with Crippen LogP contribution in [0.1, 0.15) is 0 Å². The number of hydrogen-bond donors (Lipinski definition) is 0. The molecule has 4 heteroatoms. The lowest BCUT2D eigenvalue weighted by Gasteiger charge is -2.16. The molecule has 2 aromatic heterocycles. The predicted molar refractivity (Wildman–Crippen MR) is 154 cm³/mol. The van der Waals surface area contributed by atoms with Crippen LogP contribution in [0.2, 0.25) is 0 Å². The highest BCUT2D eigenvalue weighted by atomic mass is 14.8. The first-order chi connectivity index (χ1) is 18.3. The number of pyridine rings is 1. The zero-order valence-corrected chi connectivity index (χ0v) is 20.0. The van der Waals surface area contributed by atoms with E-state index in [2.05, 4.69) is 42.5 Å². The van der Waals surface area contributed by atoms with E-state index in [1.807, 2.05) is 78.9 Å². The third-order valence-electron chi connectivity index (χ3n) is 6.78. The molecule has 2 radical (unpaired) electrons. The van der Waals surface area contributed by atoms with E-state index >= 15 is 0 Å². The molecular weight excluding hydrogens is 449 g/mol. The summed E-state index contributed by atoms with van der Waals surface area (Å²) < 4.78 is 0. The van der Waals surface area contributed by atoms with Gasteiger partial charge in [0.25, 0.3) is 0 Å². The number of hydrogen-bond acceptors (Lipinski definition) is 3. The van der Waals surface area contributed by atoms with E-state index in [0.29, 0.717) is 11.0 Å². The second kappa shape index (κ2) is 8.68. The fourth-order valence-corrected chi connectivity index (χ4v) is 5.07. The highest BCUT2D eigenvalue weighted by Crippen LogP contribution is 2.38. The monoisotopic (exact) mass is 469 g/mol. The normalized spacial score (nSPS) is 11.4. The van der Waals surface area contributed by atoms with Gasteiger partial charge in [0, 0.05) is 32.8 Å². The van der Waals surface area contributed by atoms with Crippen molar-refractivity contribution in [1.29, 1.82) is 0 Å². The average Bonchev–Trinajstić information content (AvgIpc) is 2.97. The van der Waals surface area contributed by atoms with Crippen molar-refractivity contribution in [3.63, 3.8) is 0 Å². The summed E-state index contributed by atoms with van der Waals surface area (Å²) in [6.07, 6.45) is 0. The van der Waals surface area contributed by atoms with E-state index in [1.54, 1.807) is 0 Å². The lowest BCUT2D eigenvalue weighted by molar-refractivity contribution is 1.30. The molecule has 0 saturated heterocycles. The summed E-state index contributed by atoms with van der Waals surface area (Å²) in [5.74, 6) is 0. The predicted octanol–water partition coefficient (Wildman–Crippen LogP) is 7.13. The molecule has 0 aliphatic carbocycles. The lowest BCUT2D eigenvalue weighted by Crippen LogP contribution is -2.10. The van der Waals surface area contributed by atoms with Gasteiger partial charge in [0.1, 0.15) is 7.85 Å². The van der Waals surface area contributed by atoms with Crippen molar-refractivity contribution in [3.05, 3.63) is 121 Å². The van der Waals surface area contributed by atoms with Gasteiger partial charge in [0.05, 0.1) is 33.6 Å². The number of benzene rings is 5. The van der Waals surface area contributed by atoms with Gasteiger partial charge in [-0.1, -0.05) is 121 Å². The summed E-state index contributed by atoms with van der Waals surface area (Å²) in [6, 6.07) is 40.8. The largest absolute Gasteiger partial charge is 0.247 e. The molecule has 7 aromatic rings. The van der Waals surface area contributed by atoms with Gasteiger partial charge >= 0.3 is 0 Å². The Morgan fingerprint density at radius 3 is 1.51 bits per heavy atom. The van der Waals surface area contributed by atoms with Gasteiger partial charge in [-0.25, -0.2) is 15.0 Å². The molecular formula is C33H20BN3. The Morgan fingerprint density at radius 2 is 0.919 bits per heavy atom. The molecule has 37 heavy (non-hydrogen) atoms. The molecule has 170 valence electrons. The smallest absolute Gasteiger partial charge is 0.116 e. The summed E-state index contributed by atoms with van der Waals surface area (Å²) in [4.78, 5) is 15.6. The molecule has 2 heterocycles. The average molecular weight is 469 g/mol. The summed E-state index contributed by atoms with van der Waals surface area (Å²) in [5, 5.41) is 3.01. The molecule has 0 amide bonds. The van der Waals surface area contributed by atoms with Gasteiger partial charge in [0.2, 0.25) is 0 Å². The van der Waals surface area contributed by atoms with Crippen LogP contribution in [0.25, 0.3) is 66.5 Å². The van der Waals surface area contributed by atoms with Crippen LogP contribution in [0, 0.1) is 0 Å². The first kappa shape index (κ1) is 21.5. The second-order valence-corrected chi connectivity index (χ2v) is 9.08. The molecule has 0 aliphatic heterocycles. The van der Waals surface area contributed by atoms with Gasteiger partial charge in [-0.2, -0.15) is 0 Å². The summed E-state index contributed by atoms with van der Waals surface area (Å²) in [6.45, 7) is 0. The van der Waals surface area contributed by atoms with Crippen LogP contribution in [-0.2, 0) is 0 Å². The van der Waals surface area contributed by atoms with Crippen molar-refractivity contribution in [1.82, 2.24) is 15.0 Å². The van der Waals surface area contributed by atoms with E-state index < -0.39 is 0 Å². The molecule has 5 aromatic carbocycles. The van der Waals surface area contributed by atoms with Crippen LogP contribution in [-0.4, -0.2) is 22.8 Å². The third kappa shape index (κ3) is 3.57. The maximum Gasteiger partial charge on any atom is 0.116 e. The van der Waals surface area contributed by atoms with Gasteiger partial charge in [-0.15, -0.1) is 0 Å². The maximum atomic E-state index is 6.72. The molecule has 0 atom stereocenters. The van der Waals surface area contributed by atoms with Crippen molar-refractivity contribution < 1.29 is 0 Å². The standard InChI is InChI=1S/C33H20BN3/c34-26-20-25-28(24-18-10-11-19-27(24)35-29(25)21-12-4-1-5-13-21)33-32(26)36-30(22-14-6-2-7-15-22)31(37-33)23-16-8-3-9-17-23/h1-20H. The zero-order chi connectivity index (χ0) is 24.8. The third-order valence-corrected chi connectivity index (χ3v) is 6.78. The van der Waals surface area contributed by atoms with Gasteiger partial charge in [0.15, 0.2) is 0 Å². The van der Waals surface area contributed by atoms with Crippen molar-refractivity contribution >= 4 is 46.0 Å². The molecule has 7 rings (SSSR count). The van der Waals surface area contributed by atoms with Crippen LogP contribution in [0.4, 0.5) is 0 Å². The number of para-hydroxylation sites is 1. The Bertz CT molecular complexity index is 1920. The van der Waals surface area contributed by atoms with Crippen LogP contribution in [0.5, 0.6) is 0 Å². The van der Waals surface area contributed by atoms with Crippen molar-refractivity contribution in [2.24, 2.45) is 0 Å². The van der Waals surface area contributed by atoms with E-state index in [-0.39, 0.29) is 0 Å². The van der Waals surface area contributed by atoms with Crippen molar-refractivity contribution in [3.8, 4) is 33.8 Å². The molecule has 3 nitrogen and oxygen atoms in total. The maximum absolute atomic E-state index is 6.72. The van der Waals surface area contributed by atoms with E-state index in [0.717, 1.165) is 61.0 Å². The summed E-state index contributed by atoms with van der Waals surface area (Å²) in [5.41, 5.74) is 8.54. The van der Waals surface area contributed by atoms with E-state index in [4.69, 9.17) is 22.8 Å². The summed E-state index contributed by atoms with van der Waals surface area (Å²) in [7, 11) is 6.72. The van der Waals surface area contributed by atoms with Gasteiger partial charge in [-0.3, -0.25) is 0 Å². The molecule has 0 fully saturated rings. The first-order valence-electron chi connectivity index (χ1n) is 12.3. The molecule has 0 unspecified atom stereocenters. The summed E-state index contributed by atoms with van der Waals surface area (Å²) >= 11 is 0. The number of nitrogens with zero attached hydrogens (tertiary/aromatic N) is 3. The Labute approximate surface area is 215 Å². The molecule has 0 aliphatic rings. The minimum absolute atomic E-state index is 0.584. The Kier molecular flexibility index (Phi) is 5.04. The van der Waals surface area contributed by atoms with Crippen molar-refractivity contribution in [2.45, 2.75) is 0 Å². The molecule has 0 bridgehead atoms. The van der Waals surface area contributed by atoms with Crippen LogP contribution >= 0.6 is 0 Å². The van der Waals surface area contributed by atoms with Crippen LogP contribution in [0.15, 0.2) is 121 Å². The van der Waals surface area contributed by atoms with Gasteiger partial charge < -0.3 is 0 Å². The molecule has 0 N–H and O–H groups in total. The lowest BCUT2D eigenvalue weighted by atomic mass is 9.88. The Hall–Kier alpha value is -4.83. The Morgan fingerprint density at radius 1 is 0.432 bits per heavy atom. The highest BCUT2D eigenvalue weighted by molar-refractivity contribution is 6.41. The fraction of sp³-hybridized carbons (Fsp3) is 0. The topological polar surface area (TPSA) is 38.7 Å². The van der Waals surface area contributed by atoms with Crippen LogP contribution < -0.4 is 5.46 Å². The quantitative estimate of drug-likeness (QED) is 0.204. The van der Waals surface area contributed by atoms with E-state index in [9.17, 15) is 0 Å². The Balaban J connectivity index is 1.68.